The van der Waals surface area contributed by atoms with Crippen LogP contribution in [0.3, 0.4) is 0 Å². The number of hydrogen-bond donors (Lipinski definition) is 3. The van der Waals surface area contributed by atoms with Gasteiger partial charge >= 0.3 is 0 Å². The number of amides is 1. The normalized spacial score (nSPS) is 11.1. The maximum atomic E-state index is 12.1. The van der Waals surface area contributed by atoms with Gasteiger partial charge in [-0.3, -0.25) is 9.79 Å². The van der Waals surface area contributed by atoms with E-state index in [-0.39, 0.29) is 5.91 Å². The Hall–Kier alpha value is -2.28. The molecule has 0 aromatic heterocycles. The maximum Gasteiger partial charge on any atom is 0.251 e. The zero-order valence-electron chi connectivity index (χ0n) is 15.4. The second-order valence-electron chi connectivity index (χ2n) is 5.32. The summed E-state index contributed by atoms with van der Waals surface area (Å²) in [5.74, 6) is 1.27. The second-order valence-corrected chi connectivity index (χ2v) is 5.32. The zero-order valence-corrected chi connectivity index (χ0v) is 15.4. The third kappa shape index (κ3) is 8.95. The smallest absolute Gasteiger partial charge is 0.251 e. The fourth-order valence-corrected chi connectivity index (χ4v) is 2.12. The van der Waals surface area contributed by atoms with Crippen LogP contribution in [0.1, 0.15) is 30.1 Å². The van der Waals surface area contributed by atoms with Gasteiger partial charge in [-0.05, 0) is 38.0 Å². The van der Waals surface area contributed by atoms with Gasteiger partial charge in [-0.2, -0.15) is 0 Å². The van der Waals surface area contributed by atoms with Gasteiger partial charge in [-0.25, -0.2) is 0 Å². The third-order valence-electron chi connectivity index (χ3n) is 3.47. The first-order valence-electron chi connectivity index (χ1n) is 8.65. The molecule has 0 heterocycles. The molecule has 7 nitrogen and oxygen atoms in total. The van der Waals surface area contributed by atoms with Gasteiger partial charge in [-0.15, -0.1) is 0 Å². The lowest BCUT2D eigenvalue weighted by molar-refractivity contribution is 0.0954. The summed E-state index contributed by atoms with van der Waals surface area (Å²) < 4.78 is 10.4. The van der Waals surface area contributed by atoms with Gasteiger partial charge in [0.2, 0.25) is 0 Å². The molecule has 0 fully saturated rings. The van der Waals surface area contributed by atoms with Crippen molar-refractivity contribution in [2.45, 2.75) is 19.8 Å². The van der Waals surface area contributed by atoms with E-state index in [0.717, 1.165) is 38.6 Å². The highest BCUT2D eigenvalue weighted by Gasteiger charge is 2.05. The molecule has 25 heavy (non-hydrogen) atoms. The van der Waals surface area contributed by atoms with Crippen LogP contribution < -0.4 is 20.7 Å². The number of unbranched alkanes of at least 4 members (excludes halogenated alkanes) is 1. The van der Waals surface area contributed by atoms with Crippen LogP contribution in [0, 0.1) is 0 Å². The van der Waals surface area contributed by atoms with Gasteiger partial charge in [0.05, 0.1) is 7.11 Å². The summed E-state index contributed by atoms with van der Waals surface area (Å²) in [5, 5.41) is 9.27. The minimum Gasteiger partial charge on any atom is -0.497 e. The highest BCUT2D eigenvalue weighted by molar-refractivity contribution is 5.94. The summed E-state index contributed by atoms with van der Waals surface area (Å²) in [7, 11) is 3.31. The summed E-state index contributed by atoms with van der Waals surface area (Å²) in [6.45, 7) is 5.48. The number of hydrogen-bond acceptors (Lipinski definition) is 4. The van der Waals surface area contributed by atoms with Crippen LogP contribution in [-0.2, 0) is 4.74 Å². The minimum atomic E-state index is -0.125. The van der Waals surface area contributed by atoms with Gasteiger partial charge in [0.1, 0.15) is 5.75 Å². The van der Waals surface area contributed by atoms with Gasteiger partial charge in [0, 0.05) is 45.5 Å². The largest absolute Gasteiger partial charge is 0.497 e. The lowest BCUT2D eigenvalue weighted by atomic mass is 10.2. The topological polar surface area (TPSA) is 84.0 Å². The van der Waals surface area contributed by atoms with Gasteiger partial charge in [0.25, 0.3) is 5.91 Å². The number of carbonyl (C=O) groups excluding carboxylic acids is 1. The number of nitrogens with one attached hydrogen (secondary N) is 3. The number of nitrogens with zero attached hydrogens (tertiary/aromatic N) is 1. The van der Waals surface area contributed by atoms with Crippen LogP contribution in [0.4, 0.5) is 0 Å². The molecule has 0 atom stereocenters. The maximum absolute atomic E-state index is 12.1. The number of carbonyl (C=O) groups is 1. The van der Waals surface area contributed by atoms with Crippen LogP contribution >= 0.6 is 0 Å². The number of methoxy groups -OCH3 is 1. The first kappa shape index (κ1) is 20.8. The Morgan fingerprint density at radius 2 is 1.88 bits per heavy atom. The van der Waals surface area contributed by atoms with E-state index in [4.69, 9.17) is 9.47 Å². The first-order chi connectivity index (χ1) is 12.2. The Morgan fingerprint density at radius 1 is 1.12 bits per heavy atom. The molecule has 0 unspecified atom stereocenters. The lowest BCUT2D eigenvalue weighted by Gasteiger charge is -2.12. The molecule has 7 heteroatoms. The summed E-state index contributed by atoms with van der Waals surface area (Å²) in [4.78, 5) is 16.2. The summed E-state index contributed by atoms with van der Waals surface area (Å²) >= 11 is 0. The quantitative estimate of drug-likeness (QED) is 0.319. The highest BCUT2D eigenvalue weighted by atomic mass is 16.5. The molecule has 0 bridgehead atoms. The lowest BCUT2D eigenvalue weighted by Crippen LogP contribution is -2.41. The van der Waals surface area contributed by atoms with E-state index in [1.165, 1.54) is 0 Å². The molecule has 0 saturated carbocycles. The molecule has 140 valence electrons. The van der Waals surface area contributed by atoms with E-state index in [2.05, 4.69) is 20.9 Å². The van der Waals surface area contributed by atoms with Crippen molar-refractivity contribution in [3.63, 3.8) is 0 Å². The van der Waals surface area contributed by atoms with E-state index in [9.17, 15) is 4.79 Å². The zero-order chi connectivity index (χ0) is 18.3. The van der Waals surface area contributed by atoms with Crippen molar-refractivity contribution in [1.82, 2.24) is 16.0 Å². The summed E-state index contributed by atoms with van der Waals surface area (Å²) in [5.41, 5.74) is 0.580. The van der Waals surface area contributed by atoms with Crippen LogP contribution in [0.25, 0.3) is 0 Å². The molecule has 1 aromatic rings. The Balaban J connectivity index is 2.18. The minimum absolute atomic E-state index is 0.125. The fourth-order valence-electron chi connectivity index (χ4n) is 2.12. The van der Waals surface area contributed by atoms with Crippen LogP contribution in [0.15, 0.2) is 29.3 Å². The molecule has 0 aliphatic carbocycles. The van der Waals surface area contributed by atoms with Crippen LogP contribution in [0.5, 0.6) is 5.75 Å². The Kier molecular flexibility index (Phi) is 10.8. The van der Waals surface area contributed by atoms with Crippen molar-refractivity contribution < 1.29 is 14.3 Å². The number of benzene rings is 1. The Bertz CT molecular complexity index is 535. The van der Waals surface area contributed by atoms with E-state index in [1.54, 1.807) is 32.4 Å². The third-order valence-corrected chi connectivity index (χ3v) is 3.47. The van der Waals surface area contributed by atoms with E-state index < -0.39 is 0 Å². The molecule has 0 saturated heterocycles. The Morgan fingerprint density at radius 3 is 2.60 bits per heavy atom. The SMILES string of the molecule is CCOCCCCNC(=NC)NCCNC(=O)c1cccc(OC)c1. The van der Waals surface area contributed by atoms with E-state index >= 15 is 0 Å². The fraction of sp³-hybridized carbons (Fsp3) is 0.556. The molecule has 1 aromatic carbocycles. The monoisotopic (exact) mass is 350 g/mol. The average Bonchev–Trinajstić information content (AvgIpc) is 2.65. The van der Waals surface area contributed by atoms with Crippen molar-refractivity contribution >= 4 is 11.9 Å². The predicted molar refractivity (Wildman–Crippen MR) is 100 cm³/mol. The molecule has 0 aliphatic rings. The number of ether oxygens (including phenoxy) is 2. The predicted octanol–water partition coefficient (Wildman–Crippen LogP) is 1.41. The molecule has 1 rings (SSSR count). The van der Waals surface area contributed by atoms with Crippen molar-refractivity contribution in [2.75, 3.05) is 47.0 Å². The summed E-state index contributed by atoms with van der Waals surface area (Å²) in [6.07, 6.45) is 2.04. The Labute approximate surface area is 150 Å². The molecule has 0 spiro atoms. The van der Waals surface area contributed by atoms with Gasteiger partial charge in [-0.1, -0.05) is 6.07 Å². The standard InChI is InChI=1S/C18H30N4O3/c1-4-25-13-6-5-10-21-18(19-2)22-12-11-20-17(23)15-8-7-9-16(14-15)24-3/h7-9,14H,4-6,10-13H2,1-3H3,(H,20,23)(H2,19,21,22). The van der Waals surface area contributed by atoms with Crippen LogP contribution in [0.2, 0.25) is 0 Å². The van der Waals surface area contributed by atoms with E-state index in [0.29, 0.717) is 24.4 Å². The van der Waals surface area contributed by atoms with Crippen molar-refractivity contribution in [2.24, 2.45) is 4.99 Å². The molecule has 3 N–H and O–H groups in total. The second kappa shape index (κ2) is 13.1. The molecular formula is C18H30N4O3. The van der Waals surface area contributed by atoms with Crippen molar-refractivity contribution in [3.8, 4) is 5.75 Å². The van der Waals surface area contributed by atoms with Crippen molar-refractivity contribution in [3.05, 3.63) is 29.8 Å². The van der Waals surface area contributed by atoms with Crippen LogP contribution in [-0.4, -0.2) is 58.9 Å². The number of aliphatic imine (C=N–C) groups is 1. The highest BCUT2D eigenvalue weighted by Crippen LogP contribution is 2.12. The first-order valence-corrected chi connectivity index (χ1v) is 8.65. The van der Waals surface area contributed by atoms with E-state index in [1.807, 2.05) is 13.0 Å². The summed E-state index contributed by atoms with van der Waals surface area (Å²) in [6, 6.07) is 7.07. The van der Waals surface area contributed by atoms with Gasteiger partial charge < -0.3 is 25.4 Å². The van der Waals surface area contributed by atoms with Gasteiger partial charge in [0.15, 0.2) is 5.96 Å². The molecule has 1 amide bonds. The molecule has 0 aliphatic heterocycles. The molecular weight excluding hydrogens is 320 g/mol. The number of rotatable bonds is 11. The number of guanidine groups is 1. The molecule has 0 radical (unpaired) electrons. The average molecular weight is 350 g/mol. The van der Waals surface area contributed by atoms with Crippen molar-refractivity contribution in [1.29, 1.82) is 0 Å².